The summed E-state index contributed by atoms with van der Waals surface area (Å²) in [6.07, 6.45) is 9.71. The highest BCUT2D eigenvalue weighted by atomic mass is 32.2. The molecule has 0 amide bonds. The highest BCUT2D eigenvalue weighted by molar-refractivity contribution is 8.03. The van der Waals surface area contributed by atoms with Crippen molar-refractivity contribution in [2.45, 2.75) is 58.5 Å². The number of nitrogens with zero attached hydrogens (tertiary/aromatic N) is 2. The van der Waals surface area contributed by atoms with E-state index >= 15 is 0 Å². The molecular formula is C11H19N3S3. The van der Waals surface area contributed by atoms with Crippen molar-refractivity contribution in [3.63, 3.8) is 0 Å². The standard InChI is InChI=1S/C11H19N3S3/c1-15-10-13-14-11(17-10)16-9-7-5-3-2-4-6-8(9)12/h8-9H,2-7,12H2,1H3. The Balaban J connectivity index is 1.94. The highest BCUT2D eigenvalue weighted by Gasteiger charge is 2.22. The summed E-state index contributed by atoms with van der Waals surface area (Å²) >= 11 is 5.19. The van der Waals surface area contributed by atoms with Crippen LogP contribution in [0.15, 0.2) is 8.68 Å². The Kier molecular flexibility index (Phi) is 5.59. The monoisotopic (exact) mass is 289 g/mol. The van der Waals surface area contributed by atoms with Gasteiger partial charge in [-0.25, -0.2) is 0 Å². The van der Waals surface area contributed by atoms with Gasteiger partial charge in [-0.1, -0.05) is 60.5 Å². The Morgan fingerprint density at radius 2 is 1.82 bits per heavy atom. The van der Waals surface area contributed by atoms with Gasteiger partial charge >= 0.3 is 0 Å². The van der Waals surface area contributed by atoms with Crippen molar-refractivity contribution in [3.05, 3.63) is 0 Å². The van der Waals surface area contributed by atoms with E-state index in [2.05, 4.69) is 10.2 Å². The molecule has 1 heterocycles. The minimum Gasteiger partial charge on any atom is -0.327 e. The molecule has 1 aliphatic rings. The topological polar surface area (TPSA) is 51.8 Å². The molecule has 96 valence electrons. The van der Waals surface area contributed by atoms with Crippen molar-refractivity contribution in [2.75, 3.05) is 6.26 Å². The normalized spacial score (nSPS) is 26.5. The van der Waals surface area contributed by atoms with Crippen LogP contribution in [-0.2, 0) is 0 Å². The minimum absolute atomic E-state index is 0.321. The smallest absolute Gasteiger partial charge is 0.175 e. The third-order valence-corrected chi connectivity index (χ3v) is 6.47. The van der Waals surface area contributed by atoms with Gasteiger partial charge in [0, 0.05) is 11.3 Å². The first-order valence-corrected chi connectivity index (χ1v) is 9.01. The molecule has 17 heavy (non-hydrogen) atoms. The van der Waals surface area contributed by atoms with Gasteiger partial charge in [-0.15, -0.1) is 10.2 Å². The molecule has 6 heteroatoms. The van der Waals surface area contributed by atoms with E-state index < -0.39 is 0 Å². The molecule has 0 saturated heterocycles. The summed E-state index contributed by atoms with van der Waals surface area (Å²) in [5, 5.41) is 8.89. The summed E-state index contributed by atoms with van der Waals surface area (Å²) in [6, 6.07) is 0.321. The third kappa shape index (κ3) is 4.12. The van der Waals surface area contributed by atoms with Gasteiger partial charge in [0.2, 0.25) is 0 Å². The van der Waals surface area contributed by atoms with Crippen LogP contribution in [0, 0.1) is 0 Å². The van der Waals surface area contributed by atoms with Crippen LogP contribution < -0.4 is 5.73 Å². The Labute approximate surface area is 115 Å². The fourth-order valence-electron chi connectivity index (χ4n) is 2.08. The van der Waals surface area contributed by atoms with Gasteiger partial charge < -0.3 is 5.73 Å². The number of hydrogen-bond acceptors (Lipinski definition) is 6. The minimum atomic E-state index is 0.321. The second-order valence-electron chi connectivity index (χ2n) is 4.35. The van der Waals surface area contributed by atoms with E-state index in [1.165, 1.54) is 32.1 Å². The largest absolute Gasteiger partial charge is 0.327 e. The third-order valence-electron chi connectivity index (χ3n) is 3.07. The van der Waals surface area contributed by atoms with Crippen molar-refractivity contribution in [2.24, 2.45) is 5.73 Å². The molecule has 2 unspecified atom stereocenters. The molecule has 1 aromatic rings. The summed E-state index contributed by atoms with van der Waals surface area (Å²) in [5.74, 6) is 0. The van der Waals surface area contributed by atoms with Gasteiger partial charge in [-0.2, -0.15) is 0 Å². The summed E-state index contributed by atoms with van der Waals surface area (Å²) in [4.78, 5) is 0. The predicted octanol–water partition coefficient (Wildman–Crippen LogP) is 3.40. The van der Waals surface area contributed by atoms with E-state index in [1.54, 1.807) is 23.1 Å². The highest BCUT2D eigenvalue weighted by Crippen LogP contribution is 2.35. The Hall–Kier alpha value is 0.220. The lowest BCUT2D eigenvalue weighted by molar-refractivity contribution is 0.463. The Morgan fingerprint density at radius 1 is 1.12 bits per heavy atom. The van der Waals surface area contributed by atoms with E-state index in [4.69, 9.17) is 5.73 Å². The maximum atomic E-state index is 6.27. The van der Waals surface area contributed by atoms with Crippen LogP contribution in [0.5, 0.6) is 0 Å². The van der Waals surface area contributed by atoms with Crippen LogP contribution in [0.4, 0.5) is 0 Å². The molecule has 3 nitrogen and oxygen atoms in total. The maximum Gasteiger partial charge on any atom is 0.175 e. The van der Waals surface area contributed by atoms with Crippen LogP contribution >= 0.6 is 34.9 Å². The quantitative estimate of drug-likeness (QED) is 0.864. The van der Waals surface area contributed by atoms with E-state index in [-0.39, 0.29) is 0 Å². The molecule has 1 saturated carbocycles. The molecule has 0 spiro atoms. The van der Waals surface area contributed by atoms with Gasteiger partial charge in [-0.05, 0) is 19.1 Å². The maximum absolute atomic E-state index is 6.27. The molecule has 0 bridgehead atoms. The second kappa shape index (κ2) is 6.97. The number of hydrogen-bond donors (Lipinski definition) is 1. The van der Waals surface area contributed by atoms with E-state index in [1.807, 2.05) is 18.0 Å². The van der Waals surface area contributed by atoms with Crippen molar-refractivity contribution in [1.82, 2.24) is 10.2 Å². The molecule has 2 rings (SSSR count). The SMILES string of the molecule is CSc1nnc(SC2CCCCCCC2N)s1. The fourth-order valence-corrected chi connectivity index (χ4v) is 4.99. The summed E-state index contributed by atoms with van der Waals surface area (Å²) < 4.78 is 2.13. The molecule has 2 N–H and O–H groups in total. The van der Waals surface area contributed by atoms with Crippen LogP contribution in [0.3, 0.4) is 0 Å². The lowest BCUT2D eigenvalue weighted by Gasteiger charge is -2.24. The van der Waals surface area contributed by atoms with Gasteiger partial charge in [0.05, 0.1) is 0 Å². The fraction of sp³-hybridized carbons (Fsp3) is 0.818. The van der Waals surface area contributed by atoms with Crippen LogP contribution in [0.1, 0.15) is 38.5 Å². The van der Waals surface area contributed by atoms with Gasteiger partial charge in [0.15, 0.2) is 8.68 Å². The predicted molar refractivity (Wildman–Crippen MR) is 77.0 cm³/mol. The van der Waals surface area contributed by atoms with Crippen molar-refractivity contribution in [1.29, 1.82) is 0 Å². The first kappa shape index (κ1) is 13.6. The number of aromatic nitrogens is 2. The molecule has 1 aromatic heterocycles. The second-order valence-corrected chi connectivity index (χ2v) is 7.87. The summed E-state index contributed by atoms with van der Waals surface area (Å²) in [5.41, 5.74) is 6.27. The molecule has 2 atom stereocenters. The van der Waals surface area contributed by atoms with Crippen LogP contribution in [0.25, 0.3) is 0 Å². The first-order valence-electron chi connectivity index (χ1n) is 6.09. The number of thioether (sulfide) groups is 2. The lowest BCUT2D eigenvalue weighted by atomic mass is 9.97. The van der Waals surface area contributed by atoms with E-state index in [9.17, 15) is 0 Å². The van der Waals surface area contributed by atoms with Crippen LogP contribution in [0.2, 0.25) is 0 Å². The molecule has 0 aliphatic heterocycles. The molecular weight excluding hydrogens is 270 g/mol. The van der Waals surface area contributed by atoms with Crippen LogP contribution in [-0.4, -0.2) is 27.7 Å². The van der Waals surface area contributed by atoms with Gasteiger partial charge in [0.25, 0.3) is 0 Å². The van der Waals surface area contributed by atoms with Crippen molar-refractivity contribution >= 4 is 34.9 Å². The van der Waals surface area contributed by atoms with E-state index in [0.29, 0.717) is 11.3 Å². The van der Waals surface area contributed by atoms with Gasteiger partial charge in [-0.3, -0.25) is 0 Å². The van der Waals surface area contributed by atoms with Crippen molar-refractivity contribution < 1.29 is 0 Å². The number of rotatable bonds is 3. The number of nitrogens with two attached hydrogens (primary N) is 1. The molecule has 0 aromatic carbocycles. The zero-order valence-electron chi connectivity index (χ0n) is 10.1. The zero-order valence-corrected chi connectivity index (χ0v) is 12.5. The molecule has 0 radical (unpaired) electrons. The summed E-state index contributed by atoms with van der Waals surface area (Å²) in [7, 11) is 0. The average Bonchev–Trinajstić information content (AvgIpc) is 2.77. The average molecular weight is 289 g/mol. The van der Waals surface area contributed by atoms with E-state index in [0.717, 1.165) is 15.1 Å². The molecule has 1 aliphatic carbocycles. The zero-order chi connectivity index (χ0) is 12.1. The molecule has 1 fully saturated rings. The van der Waals surface area contributed by atoms with Crippen molar-refractivity contribution in [3.8, 4) is 0 Å². The lowest BCUT2D eigenvalue weighted by Crippen LogP contribution is -2.33. The first-order chi connectivity index (χ1) is 8.29. The Morgan fingerprint density at radius 3 is 2.53 bits per heavy atom. The summed E-state index contributed by atoms with van der Waals surface area (Å²) in [6.45, 7) is 0. The Bertz CT molecular complexity index is 342. The van der Waals surface area contributed by atoms with Gasteiger partial charge in [0.1, 0.15) is 0 Å².